The maximum atomic E-state index is 9.17. The average Bonchev–Trinajstić information content (AvgIpc) is 3.17. The van der Waals surface area contributed by atoms with Crippen molar-refractivity contribution in [3.05, 3.63) is 77.0 Å². The SMILES string of the molecule is COc1ccccc1C=CCN1CCc2[nH]nc(-c3cccc(C#N)c3)c2C1. The molecule has 0 bridgehead atoms. The standard InChI is InChI=1S/C23H22N4O/c1-28-22-10-3-2-7-18(22)9-5-12-27-13-11-21-20(16-27)23(26-25-21)19-8-4-6-17(14-19)15-24/h2-10,14H,11-13,16H2,1H3,(H,25,26). The van der Waals surface area contributed by atoms with Gasteiger partial charge in [0.1, 0.15) is 5.75 Å². The molecule has 2 heterocycles. The Morgan fingerprint density at radius 1 is 1.25 bits per heavy atom. The summed E-state index contributed by atoms with van der Waals surface area (Å²) in [7, 11) is 1.70. The van der Waals surface area contributed by atoms with Gasteiger partial charge in [-0.3, -0.25) is 10.00 Å². The van der Waals surface area contributed by atoms with Crippen LogP contribution in [0.2, 0.25) is 0 Å². The van der Waals surface area contributed by atoms with Gasteiger partial charge in [0.25, 0.3) is 0 Å². The third-order valence-electron chi connectivity index (χ3n) is 5.08. The molecule has 4 rings (SSSR count). The van der Waals surface area contributed by atoms with E-state index >= 15 is 0 Å². The second-order valence-corrected chi connectivity index (χ2v) is 6.85. The van der Waals surface area contributed by atoms with Crippen LogP contribution in [0.25, 0.3) is 17.3 Å². The molecule has 0 fully saturated rings. The maximum Gasteiger partial charge on any atom is 0.126 e. The minimum atomic E-state index is 0.654. The average molecular weight is 370 g/mol. The van der Waals surface area contributed by atoms with E-state index in [2.05, 4.69) is 39.4 Å². The van der Waals surface area contributed by atoms with Gasteiger partial charge in [-0.2, -0.15) is 10.4 Å². The van der Waals surface area contributed by atoms with Crippen LogP contribution in [0.3, 0.4) is 0 Å². The molecule has 0 saturated heterocycles. The van der Waals surface area contributed by atoms with E-state index in [0.717, 1.165) is 48.6 Å². The Morgan fingerprint density at radius 2 is 2.14 bits per heavy atom. The summed E-state index contributed by atoms with van der Waals surface area (Å²) in [5.74, 6) is 0.883. The highest BCUT2D eigenvalue weighted by Gasteiger charge is 2.22. The number of methoxy groups -OCH3 is 1. The number of nitriles is 1. The van der Waals surface area contributed by atoms with Gasteiger partial charge >= 0.3 is 0 Å². The second-order valence-electron chi connectivity index (χ2n) is 6.85. The summed E-state index contributed by atoms with van der Waals surface area (Å²) >= 11 is 0. The van der Waals surface area contributed by atoms with Crippen molar-refractivity contribution < 1.29 is 4.74 Å². The quantitative estimate of drug-likeness (QED) is 0.736. The largest absolute Gasteiger partial charge is 0.496 e. The molecular weight excluding hydrogens is 348 g/mol. The first-order valence-corrected chi connectivity index (χ1v) is 9.37. The summed E-state index contributed by atoms with van der Waals surface area (Å²) in [6.45, 7) is 2.69. The number of aromatic nitrogens is 2. The van der Waals surface area contributed by atoms with Crippen molar-refractivity contribution in [2.24, 2.45) is 0 Å². The molecule has 0 aliphatic carbocycles. The molecule has 28 heavy (non-hydrogen) atoms. The van der Waals surface area contributed by atoms with Crippen LogP contribution in [0.4, 0.5) is 0 Å². The van der Waals surface area contributed by atoms with Crippen molar-refractivity contribution in [1.82, 2.24) is 15.1 Å². The fourth-order valence-electron chi connectivity index (χ4n) is 3.61. The van der Waals surface area contributed by atoms with Crippen LogP contribution < -0.4 is 4.74 Å². The van der Waals surface area contributed by atoms with Crippen LogP contribution >= 0.6 is 0 Å². The number of hydrogen-bond donors (Lipinski definition) is 1. The zero-order valence-electron chi connectivity index (χ0n) is 15.9. The van der Waals surface area contributed by atoms with Gasteiger partial charge in [0.2, 0.25) is 0 Å². The van der Waals surface area contributed by atoms with E-state index in [1.165, 1.54) is 11.3 Å². The molecule has 3 aromatic rings. The molecule has 1 aliphatic rings. The highest BCUT2D eigenvalue weighted by molar-refractivity contribution is 5.66. The maximum absolute atomic E-state index is 9.17. The molecule has 0 amide bonds. The molecule has 0 saturated carbocycles. The van der Waals surface area contributed by atoms with Crippen molar-refractivity contribution >= 4 is 6.08 Å². The van der Waals surface area contributed by atoms with Gasteiger partial charge in [0, 0.05) is 48.4 Å². The number of nitrogens with zero attached hydrogens (tertiary/aromatic N) is 3. The molecule has 0 spiro atoms. The van der Waals surface area contributed by atoms with Gasteiger partial charge in [-0.1, -0.05) is 42.5 Å². The van der Waals surface area contributed by atoms with E-state index in [9.17, 15) is 0 Å². The smallest absolute Gasteiger partial charge is 0.126 e. The summed E-state index contributed by atoms with van der Waals surface area (Å²) in [6, 6.07) is 17.9. The first-order valence-electron chi connectivity index (χ1n) is 9.37. The monoisotopic (exact) mass is 370 g/mol. The summed E-state index contributed by atoms with van der Waals surface area (Å²) in [5.41, 5.74) is 6.10. The Labute approximate surface area is 164 Å². The molecule has 2 aromatic carbocycles. The van der Waals surface area contributed by atoms with E-state index in [-0.39, 0.29) is 0 Å². The topological polar surface area (TPSA) is 64.9 Å². The fraction of sp³-hybridized carbons (Fsp3) is 0.217. The summed E-state index contributed by atoms with van der Waals surface area (Å²) < 4.78 is 5.41. The summed E-state index contributed by atoms with van der Waals surface area (Å²) in [4.78, 5) is 2.40. The molecule has 1 aromatic heterocycles. The lowest BCUT2D eigenvalue weighted by molar-refractivity contribution is 0.281. The Morgan fingerprint density at radius 3 is 3.00 bits per heavy atom. The summed E-state index contributed by atoms with van der Waals surface area (Å²) in [6.07, 6.45) is 5.24. The number of nitrogens with one attached hydrogen (secondary N) is 1. The van der Waals surface area contributed by atoms with Gasteiger partial charge in [-0.15, -0.1) is 0 Å². The van der Waals surface area contributed by atoms with Gasteiger partial charge in [-0.25, -0.2) is 0 Å². The highest BCUT2D eigenvalue weighted by Crippen LogP contribution is 2.29. The number of rotatable bonds is 5. The van der Waals surface area contributed by atoms with E-state index in [4.69, 9.17) is 10.00 Å². The van der Waals surface area contributed by atoms with E-state index in [0.29, 0.717) is 5.56 Å². The minimum Gasteiger partial charge on any atom is -0.496 e. The number of hydrogen-bond acceptors (Lipinski definition) is 4. The van der Waals surface area contributed by atoms with Gasteiger partial charge in [-0.05, 0) is 18.2 Å². The Hall–Kier alpha value is -3.36. The first kappa shape index (κ1) is 18.0. The molecule has 0 radical (unpaired) electrons. The van der Waals surface area contributed by atoms with Crippen molar-refractivity contribution in [3.8, 4) is 23.1 Å². The minimum absolute atomic E-state index is 0.654. The normalized spacial score (nSPS) is 14.0. The van der Waals surface area contributed by atoms with Crippen molar-refractivity contribution in [2.75, 3.05) is 20.2 Å². The highest BCUT2D eigenvalue weighted by atomic mass is 16.5. The van der Waals surface area contributed by atoms with Crippen molar-refractivity contribution in [3.63, 3.8) is 0 Å². The number of para-hydroxylation sites is 1. The Bertz CT molecular complexity index is 1040. The van der Waals surface area contributed by atoms with Crippen LogP contribution in [-0.4, -0.2) is 35.3 Å². The van der Waals surface area contributed by atoms with Gasteiger partial charge in [0.05, 0.1) is 24.4 Å². The van der Waals surface area contributed by atoms with Crippen molar-refractivity contribution in [1.29, 1.82) is 5.26 Å². The number of aromatic amines is 1. The zero-order chi connectivity index (χ0) is 19.3. The molecule has 1 N–H and O–H groups in total. The number of H-pyrrole nitrogens is 1. The van der Waals surface area contributed by atoms with Gasteiger partial charge < -0.3 is 4.74 Å². The first-order chi connectivity index (χ1) is 13.8. The Balaban J connectivity index is 1.50. The van der Waals surface area contributed by atoms with Crippen LogP contribution in [0.5, 0.6) is 5.75 Å². The predicted molar refractivity (Wildman–Crippen MR) is 110 cm³/mol. The second kappa shape index (κ2) is 8.12. The molecular formula is C23H22N4O. The number of ether oxygens (including phenoxy) is 1. The number of benzene rings is 2. The Kier molecular flexibility index (Phi) is 5.22. The lowest BCUT2D eigenvalue weighted by atomic mass is 10.00. The zero-order valence-corrected chi connectivity index (χ0v) is 15.9. The molecule has 0 unspecified atom stereocenters. The summed E-state index contributed by atoms with van der Waals surface area (Å²) in [5, 5.41) is 16.9. The molecule has 5 heteroatoms. The van der Waals surface area contributed by atoms with Crippen LogP contribution in [0.15, 0.2) is 54.6 Å². The van der Waals surface area contributed by atoms with Crippen LogP contribution in [0.1, 0.15) is 22.4 Å². The lowest BCUT2D eigenvalue weighted by Gasteiger charge is -2.25. The van der Waals surface area contributed by atoms with E-state index in [1.54, 1.807) is 7.11 Å². The fourth-order valence-corrected chi connectivity index (χ4v) is 3.61. The van der Waals surface area contributed by atoms with Crippen LogP contribution in [-0.2, 0) is 13.0 Å². The third-order valence-corrected chi connectivity index (χ3v) is 5.08. The number of fused-ring (bicyclic) bond motifs is 1. The van der Waals surface area contributed by atoms with E-state index < -0.39 is 0 Å². The molecule has 0 atom stereocenters. The van der Waals surface area contributed by atoms with Crippen LogP contribution in [0, 0.1) is 11.3 Å². The third kappa shape index (κ3) is 3.68. The molecule has 140 valence electrons. The lowest BCUT2D eigenvalue weighted by Crippen LogP contribution is -2.30. The predicted octanol–water partition coefficient (Wildman–Crippen LogP) is 4.03. The van der Waals surface area contributed by atoms with Crippen molar-refractivity contribution in [2.45, 2.75) is 13.0 Å². The van der Waals surface area contributed by atoms with E-state index in [1.807, 2.05) is 42.5 Å². The van der Waals surface area contributed by atoms with Gasteiger partial charge in [0.15, 0.2) is 0 Å². The molecule has 1 aliphatic heterocycles. The molecule has 5 nitrogen and oxygen atoms in total.